The van der Waals surface area contributed by atoms with Crippen LogP contribution in [0, 0.1) is 34.5 Å². The summed E-state index contributed by atoms with van der Waals surface area (Å²) in [7, 11) is 0. The SMILES string of the molecule is CC1=C[C@]23C(=O)[C@@H](C=C(CO)[C@@H](O)[C@]2(O)C1OC(=O)Nc1ccccc1)[C@H]1[C@@H](C[C@H]3C)C1(C)C. The molecule has 182 valence electrons. The molecular formula is C27H33NO6. The van der Waals surface area contributed by atoms with E-state index in [9.17, 15) is 24.9 Å². The number of amides is 1. The van der Waals surface area contributed by atoms with Crippen molar-refractivity contribution in [1.82, 2.24) is 0 Å². The molecule has 2 bridgehead atoms. The van der Waals surface area contributed by atoms with Gasteiger partial charge in [0.2, 0.25) is 0 Å². The number of ketones is 1. The van der Waals surface area contributed by atoms with Crippen LogP contribution in [0.15, 0.2) is 53.6 Å². The van der Waals surface area contributed by atoms with Gasteiger partial charge in [-0.3, -0.25) is 10.1 Å². The summed E-state index contributed by atoms with van der Waals surface area (Å²) in [6, 6.07) is 8.77. The minimum atomic E-state index is -2.13. The molecule has 1 amide bonds. The smallest absolute Gasteiger partial charge is 0.412 e. The Hall–Kier alpha value is -2.48. The minimum Gasteiger partial charge on any atom is -0.438 e. The molecule has 0 heterocycles. The van der Waals surface area contributed by atoms with Gasteiger partial charge in [0.05, 0.1) is 12.0 Å². The van der Waals surface area contributed by atoms with Crippen molar-refractivity contribution in [3.05, 3.63) is 53.6 Å². The van der Waals surface area contributed by atoms with E-state index in [-0.39, 0.29) is 28.6 Å². The molecule has 4 aliphatic carbocycles. The molecule has 0 aliphatic heterocycles. The van der Waals surface area contributed by atoms with Crippen LogP contribution < -0.4 is 5.32 Å². The van der Waals surface area contributed by atoms with E-state index < -0.39 is 41.8 Å². The van der Waals surface area contributed by atoms with E-state index in [1.807, 2.05) is 13.0 Å². The molecule has 1 unspecified atom stereocenters. The Morgan fingerprint density at radius 1 is 1.24 bits per heavy atom. The molecule has 0 saturated heterocycles. The second kappa shape index (κ2) is 7.51. The van der Waals surface area contributed by atoms with Crippen molar-refractivity contribution in [3.8, 4) is 0 Å². The molecule has 2 fully saturated rings. The number of aliphatic hydroxyl groups is 3. The number of carbonyl (C=O) groups is 2. The zero-order valence-electron chi connectivity index (χ0n) is 20.0. The number of allylic oxidation sites excluding steroid dienone is 1. The number of rotatable bonds is 3. The molecule has 7 heteroatoms. The Morgan fingerprint density at radius 2 is 1.91 bits per heavy atom. The summed E-state index contributed by atoms with van der Waals surface area (Å²) >= 11 is 0. The third kappa shape index (κ3) is 2.87. The maximum atomic E-state index is 14.3. The maximum Gasteiger partial charge on any atom is 0.412 e. The van der Waals surface area contributed by atoms with Crippen LogP contribution in [0.5, 0.6) is 0 Å². The Kier molecular flexibility index (Phi) is 5.14. The summed E-state index contributed by atoms with van der Waals surface area (Å²) < 4.78 is 5.73. The van der Waals surface area contributed by atoms with Crippen molar-refractivity contribution in [2.45, 2.75) is 51.9 Å². The lowest BCUT2D eigenvalue weighted by atomic mass is 9.59. The fourth-order valence-electron chi connectivity index (χ4n) is 7.37. The molecule has 0 aromatic heterocycles. The molecule has 5 rings (SSSR count). The molecule has 1 aromatic rings. The zero-order chi connectivity index (χ0) is 24.6. The van der Waals surface area contributed by atoms with Crippen molar-refractivity contribution >= 4 is 17.6 Å². The predicted molar refractivity (Wildman–Crippen MR) is 126 cm³/mol. The van der Waals surface area contributed by atoms with Crippen molar-refractivity contribution in [1.29, 1.82) is 0 Å². The average Bonchev–Trinajstić information content (AvgIpc) is 3.28. The summed E-state index contributed by atoms with van der Waals surface area (Å²) in [4.78, 5) is 27.1. The third-order valence-electron chi connectivity index (χ3n) is 9.14. The maximum absolute atomic E-state index is 14.3. The molecule has 4 aliphatic rings. The van der Waals surface area contributed by atoms with E-state index in [0.29, 0.717) is 23.6 Å². The highest BCUT2D eigenvalue weighted by molar-refractivity contribution is 5.95. The van der Waals surface area contributed by atoms with Gasteiger partial charge in [-0.25, -0.2) is 4.79 Å². The molecule has 1 aromatic carbocycles. The molecule has 0 radical (unpaired) electrons. The quantitative estimate of drug-likeness (QED) is 0.508. The molecule has 34 heavy (non-hydrogen) atoms. The second-order valence-electron chi connectivity index (χ2n) is 11.1. The number of carbonyl (C=O) groups excluding carboxylic acids is 2. The summed E-state index contributed by atoms with van der Waals surface area (Å²) in [5, 5.41) is 36.6. The fraction of sp³-hybridized carbons (Fsp3) is 0.556. The lowest BCUT2D eigenvalue weighted by Crippen LogP contribution is -2.66. The average molecular weight is 468 g/mol. The van der Waals surface area contributed by atoms with Crippen LogP contribution in [0.4, 0.5) is 10.5 Å². The van der Waals surface area contributed by atoms with E-state index in [4.69, 9.17) is 4.74 Å². The second-order valence-corrected chi connectivity index (χ2v) is 11.1. The summed E-state index contributed by atoms with van der Waals surface area (Å²) in [6.45, 7) is 7.44. The van der Waals surface area contributed by atoms with E-state index in [1.54, 1.807) is 43.3 Å². The highest BCUT2D eigenvalue weighted by Crippen LogP contribution is 2.71. The standard InChI is InChI=1S/C27H33NO6/c1-14-12-26-15(2)10-19-20(25(19,3)4)18(22(26)31)11-16(13-29)21(30)27(26,33)23(14)34-24(32)28-17-8-6-5-7-9-17/h5-9,11-12,15,18-21,23,29-30,33H,10,13H2,1-4H3,(H,28,32)/t15-,18+,19-,20+,21-,23?,26+,27+/m1/s1. The fourth-order valence-corrected chi connectivity index (χ4v) is 7.37. The topological polar surface area (TPSA) is 116 Å². The number of nitrogens with one attached hydrogen (secondary N) is 1. The van der Waals surface area contributed by atoms with E-state index in [0.717, 1.165) is 0 Å². The lowest BCUT2D eigenvalue weighted by Gasteiger charge is -2.48. The first-order chi connectivity index (χ1) is 16.0. The minimum absolute atomic E-state index is 0.0382. The molecular weight excluding hydrogens is 434 g/mol. The van der Waals surface area contributed by atoms with Gasteiger partial charge in [0.25, 0.3) is 0 Å². The van der Waals surface area contributed by atoms with Crippen LogP contribution >= 0.6 is 0 Å². The normalized spacial score (nSPS) is 41.8. The number of fused-ring (bicyclic) bond motifs is 3. The van der Waals surface area contributed by atoms with Gasteiger partial charge in [-0.05, 0) is 59.8 Å². The van der Waals surface area contributed by atoms with E-state index in [1.165, 1.54) is 0 Å². The number of anilines is 1. The van der Waals surface area contributed by atoms with Gasteiger partial charge in [0, 0.05) is 11.6 Å². The number of hydrogen-bond acceptors (Lipinski definition) is 6. The number of para-hydroxylation sites is 1. The number of aliphatic hydroxyl groups excluding tert-OH is 2. The first-order valence-corrected chi connectivity index (χ1v) is 12.0. The van der Waals surface area contributed by atoms with Gasteiger partial charge in [0.15, 0.2) is 17.5 Å². The Bertz CT molecular complexity index is 1090. The number of Topliss-reactive ketones (excluding diaryl/α,β-unsaturated/α-hetero) is 1. The largest absolute Gasteiger partial charge is 0.438 e. The Balaban J connectivity index is 1.58. The van der Waals surface area contributed by atoms with Crippen molar-refractivity contribution < 1.29 is 29.6 Å². The van der Waals surface area contributed by atoms with E-state index in [2.05, 4.69) is 19.2 Å². The molecule has 4 N–H and O–H groups in total. The number of ether oxygens (including phenoxy) is 1. The molecule has 8 atom stereocenters. The van der Waals surface area contributed by atoms with Crippen LogP contribution in [0.3, 0.4) is 0 Å². The molecule has 7 nitrogen and oxygen atoms in total. The Morgan fingerprint density at radius 3 is 2.56 bits per heavy atom. The summed E-state index contributed by atoms with van der Waals surface area (Å²) in [6.07, 6.45) is 0.478. The van der Waals surface area contributed by atoms with Crippen molar-refractivity contribution in [3.63, 3.8) is 0 Å². The van der Waals surface area contributed by atoms with Gasteiger partial charge in [0.1, 0.15) is 6.10 Å². The predicted octanol–water partition coefficient (Wildman–Crippen LogP) is 3.07. The van der Waals surface area contributed by atoms with Crippen LogP contribution in [0.2, 0.25) is 0 Å². The van der Waals surface area contributed by atoms with Gasteiger partial charge >= 0.3 is 6.09 Å². The molecule has 2 saturated carbocycles. The van der Waals surface area contributed by atoms with Gasteiger partial charge < -0.3 is 20.1 Å². The number of hydrogen-bond donors (Lipinski definition) is 4. The van der Waals surface area contributed by atoms with Gasteiger partial charge in [-0.2, -0.15) is 0 Å². The van der Waals surface area contributed by atoms with Crippen LogP contribution in [-0.2, 0) is 9.53 Å². The lowest BCUT2D eigenvalue weighted by molar-refractivity contribution is -0.189. The summed E-state index contributed by atoms with van der Waals surface area (Å²) in [5.41, 5.74) is -2.38. The van der Waals surface area contributed by atoms with Crippen molar-refractivity contribution in [2.24, 2.45) is 34.5 Å². The van der Waals surface area contributed by atoms with Gasteiger partial charge in [-0.15, -0.1) is 0 Å². The summed E-state index contributed by atoms with van der Waals surface area (Å²) in [5.74, 6) is -0.630. The Labute approximate surface area is 199 Å². The van der Waals surface area contributed by atoms with Crippen LogP contribution in [0.25, 0.3) is 0 Å². The van der Waals surface area contributed by atoms with Crippen LogP contribution in [0.1, 0.15) is 34.1 Å². The highest BCUT2D eigenvalue weighted by atomic mass is 16.6. The molecule has 1 spiro atoms. The van der Waals surface area contributed by atoms with Crippen molar-refractivity contribution in [2.75, 3.05) is 11.9 Å². The number of benzene rings is 1. The van der Waals surface area contributed by atoms with E-state index >= 15 is 0 Å². The first-order valence-electron chi connectivity index (χ1n) is 12.0. The van der Waals surface area contributed by atoms with Gasteiger partial charge in [-0.1, -0.05) is 51.1 Å². The highest BCUT2D eigenvalue weighted by Gasteiger charge is 2.76. The zero-order valence-corrected chi connectivity index (χ0v) is 20.0. The first kappa shape index (κ1) is 23.3. The third-order valence-corrected chi connectivity index (χ3v) is 9.14. The monoisotopic (exact) mass is 467 g/mol. The van der Waals surface area contributed by atoms with Crippen LogP contribution in [-0.4, -0.2) is 51.6 Å².